The lowest BCUT2D eigenvalue weighted by Crippen LogP contribution is -2.12. The predicted molar refractivity (Wildman–Crippen MR) is 82.7 cm³/mol. The van der Waals surface area contributed by atoms with Gasteiger partial charge in [-0.1, -0.05) is 11.6 Å². The molecule has 0 aliphatic carbocycles. The van der Waals surface area contributed by atoms with Crippen molar-refractivity contribution in [2.45, 2.75) is 6.61 Å². The van der Waals surface area contributed by atoms with Crippen LogP contribution in [0.5, 0.6) is 5.75 Å². The van der Waals surface area contributed by atoms with E-state index in [-0.39, 0.29) is 28.6 Å². The van der Waals surface area contributed by atoms with Crippen LogP contribution in [0.2, 0.25) is 5.02 Å². The average molecular weight is 338 g/mol. The van der Waals surface area contributed by atoms with Crippen LogP contribution in [-0.4, -0.2) is 14.9 Å². The minimum atomic E-state index is -0.542. The lowest BCUT2D eigenvalue weighted by atomic mass is 10.3. The molecule has 0 saturated heterocycles. The average Bonchev–Trinajstić information content (AvgIpc) is 2.94. The highest BCUT2D eigenvalue weighted by atomic mass is 35.5. The van der Waals surface area contributed by atoms with Crippen molar-refractivity contribution >= 4 is 38.8 Å². The van der Waals surface area contributed by atoms with E-state index in [1.165, 1.54) is 29.5 Å². The van der Waals surface area contributed by atoms with Crippen molar-refractivity contribution in [3.05, 3.63) is 61.0 Å². The Morgan fingerprint density at radius 1 is 1.41 bits per heavy atom. The Balaban J connectivity index is 1.82. The summed E-state index contributed by atoms with van der Waals surface area (Å²) in [5.41, 5.74) is 0.249. The van der Waals surface area contributed by atoms with Gasteiger partial charge in [-0.2, -0.15) is 0 Å². The Morgan fingerprint density at radius 3 is 2.95 bits per heavy atom. The Morgan fingerprint density at radius 2 is 2.23 bits per heavy atom. The van der Waals surface area contributed by atoms with E-state index in [1.807, 2.05) is 0 Å². The summed E-state index contributed by atoms with van der Waals surface area (Å²) < 4.78 is 6.01. The van der Waals surface area contributed by atoms with Crippen molar-refractivity contribution in [1.29, 1.82) is 0 Å². The third kappa shape index (κ3) is 2.78. The topological polar surface area (TPSA) is 98.1 Å². The summed E-state index contributed by atoms with van der Waals surface area (Å²) >= 11 is 7.24. The molecular formula is C13H8ClN3O4S. The van der Waals surface area contributed by atoms with E-state index in [4.69, 9.17) is 16.3 Å². The summed E-state index contributed by atoms with van der Waals surface area (Å²) in [6, 6.07) is 5.65. The number of ether oxygens (including phenoxy) is 1. The van der Waals surface area contributed by atoms with Crippen LogP contribution in [0.1, 0.15) is 5.82 Å². The molecule has 0 atom stereocenters. The second-order valence-corrected chi connectivity index (χ2v) is 5.63. The first-order valence-electron chi connectivity index (χ1n) is 6.08. The van der Waals surface area contributed by atoms with Crippen LogP contribution in [-0.2, 0) is 6.61 Å². The highest BCUT2D eigenvalue weighted by molar-refractivity contribution is 7.17. The van der Waals surface area contributed by atoms with Gasteiger partial charge in [-0.15, -0.1) is 11.3 Å². The monoisotopic (exact) mass is 337 g/mol. The second kappa shape index (κ2) is 5.74. The molecule has 0 bridgehead atoms. The highest BCUT2D eigenvalue weighted by Gasteiger charge is 2.11. The third-order valence-corrected chi connectivity index (χ3v) is 4.05. The number of hydrogen-bond acceptors (Lipinski definition) is 6. The lowest BCUT2D eigenvalue weighted by molar-refractivity contribution is -0.384. The fourth-order valence-electron chi connectivity index (χ4n) is 1.86. The van der Waals surface area contributed by atoms with E-state index in [9.17, 15) is 14.9 Å². The molecule has 7 nitrogen and oxygen atoms in total. The van der Waals surface area contributed by atoms with Crippen LogP contribution in [0, 0.1) is 10.1 Å². The van der Waals surface area contributed by atoms with Crippen LogP contribution < -0.4 is 10.3 Å². The van der Waals surface area contributed by atoms with Crippen LogP contribution in [0.3, 0.4) is 0 Å². The first-order chi connectivity index (χ1) is 10.5. The second-order valence-electron chi connectivity index (χ2n) is 4.31. The number of hydrogen-bond donors (Lipinski definition) is 1. The standard InChI is InChI=1S/C13H8ClN3O4S/c14-8-5-7(17(19)20)1-2-10(8)21-6-11-15-9-3-4-22-12(9)13(18)16-11/h1-5H,6H2,(H,15,16,18). The molecule has 2 aromatic heterocycles. The number of fused-ring (bicyclic) bond motifs is 1. The number of nitro groups is 1. The maximum Gasteiger partial charge on any atom is 0.271 e. The first kappa shape index (κ1) is 14.5. The number of benzene rings is 1. The summed E-state index contributed by atoms with van der Waals surface area (Å²) in [6.45, 7) is -0.00143. The van der Waals surface area contributed by atoms with Crippen molar-refractivity contribution < 1.29 is 9.66 Å². The van der Waals surface area contributed by atoms with Gasteiger partial charge in [0.25, 0.3) is 11.2 Å². The lowest BCUT2D eigenvalue weighted by Gasteiger charge is -2.07. The van der Waals surface area contributed by atoms with Gasteiger partial charge in [-0.3, -0.25) is 14.9 Å². The molecule has 0 aliphatic rings. The van der Waals surface area contributed by atoms with E-state index in [0.29, 0.717) is 16.0 Å². The van der Waals surface area contributed by atoms with E-state index < -0.39 is 4.92 Å². The Labute approximate surface area is 132 Å². The van der Waals surface area contributed by atoms with Gasteiger partial charge in [0.2, 0.25) is 0 Å². The smallest absolute Gasteiger partial charge is 0.271 e. The molecule has 1 aromatic carbocycles. The number of thiophene rings is 1. The SMILES string of the molecule is O=c1[nH]c(COc2ccc([N+](=O)[O-])cc2Cl)nc2ccsc12. The number of nitrogens with zero attached hydrogens (tertiary/aromatic N) is 2. The predicted octanol–water partition coefficient (Wildman–Crippen LogP) is 3.13. The van der Waals surface area contributed by atoms with E-state index in [0.717, 1.165) is 0 Å². The zero-order chi connectivity index (χ0) is 15.7. The van der Waals surface area contributed by atoms with Gasteiger partial charge in [-0.05, 0) is 17.5 Å². The largest absolute Gasteiger partial charge is 0.484 e. The van der Waals surface area contributed by atoms with E-state index in [2.05, 4.69) is 9.97 Å². The minimum absolute atomic E-state index is 0.00143. The number of H-pyrrole nitrogens is 1. The van der Waals surface area contributed by atoms with Crippen LogP contribution in [0.25, 0.3) is 10.2 Å². The third-order valence-electron chi connectivity index (χ3n) is 2.85. The zero-order valence-electron chi connectivity index (χ0n) is 10.9. The van der Waals surface area contributed by atoms with Gasteiger partial charge >= 0.3 is 0 Å². The molecule has 1 N–H and O–H groups in total. The number of nitrogens with one attached hydrogen (secondary N) is 1. The summed E-state index contributed by atoms with van der Waals surface area (Å²) in [4.78, 5) is 28.8. The Hall–Kier alpha value is -2.45. The number of non-ortho nitro benzene ring substituents is 1. The molecule has 0 amide bonds. The molecule has 9 heteroatoms. The van der Waals surface area contributed by atoms with Crippen LogP contribution >= 0.6 is 22.9 Å². The van der Waals surface area contributed by atoms with Crippen LogP contribution in [0.15, 0.2) is 34.4 Å². The first-order valence-corrected chi connectivity index (χ1v) is 7.33. The van der Waals surface area contributed by atoms with Crippen molar-refractivity contribution in [2.75, 3.05) is 0 Å². The number of rotatable bonds is 4. The van der Waals surface area contributed by atoms with E-state index >= 15 is 0 Å². The highest BCUT2D eigenvalue weighted by Crippen LogP contribution is 2.29. The summed E-state index contributed by atoms with van der Waals surface area (Å²) in [6.07, 6.45) is 0. The zero-order valence-corrected chi connectivity index (χ0v) is 12.5. The minimum Gasteiger partial charge on any atom is -0.484 e. The number of halogens is 1. The normalized spacial score (nSPS) is 10.8. The molecular weight excluding hydrogens is 330 g/mol. The molecule has 0 aliphatic heterocycles. The maximum atomic E-state index is 11.8. The van der Waals surface area contributed by atoms with Crippen LogP contribution in [0.4, 0.5) is 5.69 Å². The molecule has 0 spiro atoms. The summed E-state index contributed by atoms with van der Waals surface area (Å²) in [5, 5.41) is 12.5. The van der Waals surface area contributed by atoms with Gasteiger partial charge in [0.1, 0.15) is 22.9 Å². The van der Waals surface area contributed by atoms with Crippen molar-refractivity contribution in [3.8, 4) is 5.75 Å². The Bertz CT molecular complexity index is 921. The van der Waals surface area contributed by atoms with Crippen molar-refractivity contribution in [1.82, 2.24) is 9.97 Å². The molecule has 3 aromatic rings. The quantitative estimate of drug-likeness (QED) is 0.582. The van der Waals surface area contributed by atoms with Gasteiger partial charge in [0, 0.05) is 12.1 Å². The fraction of sp³-hybridized carbons (Fsp3) is 0.0769. The molecule has 2 heterocycles. The molecule has 0 unspecified atom stereocenters. The van der Waals surface area contributed by atoms with Crippen molar-refractivity contribution in [2.24, 2.45) is 0 Å². The summed E-state index contributed by atoms with van der Waals surface area (Å²) in [7, 11) is 0. The molecule has 0 radical (unpaired) electrons. The van der Waals surface area contributed by atoms with Crippen molar-refractivity contribution in [3.63, 3.8) is 0 Å². The van der Waals surface area contributed by atoms with Gasteiger partial charge in [0.15, 0.2) is 0 Å². The molecule has 0 fully saturated rings. The van der Waals surface area contributed by atoms with Gasteiger partial charge in [0.05, 0.1) is 15.5 Å². The summed E-state index contributed by atoms with van der Waals surface area (Å²) in [5.74, 6) is 0.630. The molecule has 0 saturated carbocycles. The number of nitro benzene ring substituents is 1. The Kier molecular flexibility index (Phi) is 3.78. The van der Waals surface area contributed by atoms with E-state index in [1.54, 1.807) is 11.4 Å². The number of aromatic nitrogens is 2. The molecule has 3 rings (SSSR count). The number of aromatic amines is 1. The van der Waals surface area contributed by atoms with Gasteiger partial charge < -0.3 is 9.72 Å². The van der Waals surface area contributed by atoms with Gasteiger partial charge in [-0.25, -0.2) is 4.98 Å². The fourth-order valence-corrected chi connectivity index (χ4v) is 2.81. The maximum absolute atomic E-state index is 11.8. The molecule has 112 valence electrons. The molecule has 22 heavy (non-hydrogen) atoms.